The zero-order valence-electron chi connectivity index (χ0n) is 19.7. The molecule has 0 aromatic heterocycles. The number of benzene rings is 2. The van der Waals surface area contributed by atoms with E-state index < -0.39 is 52.2 Å². The van der Waals surface area contributed by atoms with Gasteiger partial charge in [-0.05, 0) is 54.7 Å². The molecule has 0 spiro atoms. The Hall–Kier alpha value is -3.53. The SMILES string of the molecule is CC(C)[C@@H](C(=O)OCC(=O)c1ccc2c(c1)CCCN2S(C)(=O)=O)N1C(=O)c2ccccc2C1=O. The second-order valence-electron chi connectivity index (χ2n) is 9.03. The van der Waals surface area contributed by atoms with Crippen LogP contribution in [-0.4, -0.2) is 62.3 Å². The molecule has 1 atom stereocenters. The standard InChI is InChI=1S/C25H26N2O7S/c1-15(2)22(27-23(29)18-8-4-5-9-19(18)24(27)30)25(31)34-14-21(28)17-10-11-20-16(13-17)7-6-12-26(20)35(3,32)33/h4-5,8-11,13,15,22H,6-7,12,14H2,1-3H3/t22-/m0/s1. The number of anilines is 1. The van der Waals surface area contributed by atoms with Gasteiger partial charge in [-0.25, -0.2) is 13.2 Å². The minimum absolute atomic E-state index is 0.226. The summed E-state index contributed by atoms with van der Waals surface area (Å²) >= 11 is 0. The lowest BCUT2D eigenvalue weighted by Crippen LogP contribution is -2.49. The van der Waals surface area contributed by atoms with E-state index in [1.54, 1.807) is 38.1 Å². The molecule has 35 heavy (non-hydrogen) atoms. The van der Waals surface area contributed by atoms with Gasteiger partial charge in [0, 0.05) is 12.1 Å². The van der Waals surface area contributed by atoms with Crippen molar-refractivity contribution in [1.29, 1.82) is 0 Å². The third kappa shape index (κ3) is 4.58. The summed E-state index contributed by atoms with van der Waals surface area (Å²) < 4.78 is 30.7. The van der Waals surface area contributed by atoms with E-state index in [9.17, 15) is 27.6 Å². The van der Waals surface area contributed by atoms with Crippen molar-refractivity contribution in [3.05, 3.63) is 64.7 Å². The first-order chi connectivity index (χ1) is 16.5. The molecule has 0 saturated heterocycles. The molecule has 2 amide bonds. The number of esters is 1. The molecule has 2 aromatic rings. The molecule has 184 valence electrons. The van der Waals surface area contributed by atoms with Crippen molar-refractivity contribution in [2.75, 3.05) is 23.7 Å². The van der Waals surface area contributed by atoms with Crippen molar-refractivity contribution in [1.82, 2.24) is 4.90 Å². The maximum Gasteiger partial charge on any atom is 0.330 e. The number of ketones is 1. The van der Waals surface area contributed by atoms with Crippen LogP contribution in [-0.2, 0) is 26.0 Å². The summed E-state index contributed by atoms with van der Waals surface area (Å²) in [4.78, 5) is 52.3. The first-order valence-electron chi connectivity index (χ1n) is 11.3. The highest BCUT2D eigenvalue weighted by atomic mass is 32.2. The Morgan fingerprint density at radius 1 is 1.03 bits per heavy atom. The lowest BCUT2D eigenvalue weighted by atomic mass is 9.99. The molecular formula is C25H26N2O7S. The number of fused-ring (bicyclic) bond motifs is 2. The fourth-order valence-corrected chi connectivity index (χ4v) is 5.52. The number of rotatable bonds is 7. The van der Waals surface area contributed by atoms with Crippen LogP contribution in [0.1, 0.15) is 56.9 Å². The Morgan fingerprint density at radius 2 is 1.66 bits per heavy atom. The predicted molar refractivity (Wildman–Crippen MR) is 128 cm³/mol. The molecule has 2 heterocycles. The third-order valence-electron chi connectivity index (χ3n) is 6.20. The van der Waals surface area contributed by atoms with Gasteiger partial charge in [-0.1, -0.05) is 26.0 Å². The van der Waals surface area contributed by atoms with Gasteiger partial charge in [0.15, 0.2) is 12.4 Å². The lowest BCUT2D eigenvalue weighted by molar-refractivity contribution is -0.148. The number of hydrogen-bond acceptors (Lipinski definition) is 7. The van der Waals surface area contributed by atoms with Gasteiger partial charge in [-0.2, -0.15) is 0 Å². The number of imide groups is 1. The van der Waals surface area contributed by atoms with Crippen molar-refractivity contribution >= 4 is 39.3 Å². The largest absolute Gasteiger partial charge is 0.456 e. The molecule has 2 aliphatic heterocycles. The Morgan fingerprint density at radius 3 is 2.23 bits per heavy atom. The molecule has 0 aliphatic carbocycles. The summed E-state index contributed by atoms with van der Waals surface area (Å²) in [6.45, 7) is 3.19. The van der Waals surface area contributed by atoms with Crippen LogP contribution in [0, 0.1) is 5.92 Å². The van der Waals surface area contributed by atoms with Gasteiger partial charge in [0.2, 0.25) is 10.0 Å². The van der Waals surface area contributed by atoms with E-state index in [0.717, 1.165) is 16.7 Å². The van der Waals surface area contributed by atoms with E-state index in [4.69, 9.17) is 4.74 Å². The summed E-state index contributed by atoms with van der Waals surface area (Å²) in [5.74, 6) is -2.90. The van der Waals surface area contributed by atoms with Crippen LogP contribution >= 0.6 is 0 Å². The molecule has 0 fully saturated rings. The summed E-state index contributed by atoms with van der Waals surface area (Å²) in [7, 11) is -3.43. The average molecular weight is 499 g/mol. The fourth-order valence-electron chi connectivity index (χ4n) is 4.52. The molecule has 0 N–H and O–H groups in total. The van der Waals surface area contributed by atoms with Crippen LogP contribution in [0.4, 0.5) is 5.69 Å². The second kappa shape index (κ2) is 9.26. The normalized spacial score (nSPS) is 16.2. The smallest absolute Gasteiger partial charge is 0.330 e. The Kier molecular flexibility index (Phi) is 6.50. The Bertz CT molecular complexity index is 1300. The third-order valence-corrected chi connectivity index (χ3v) is 7.38. The number of Topliss-reactive ketones (excluding diaryl/α,β-unsaturated/α-hetero) is 1. The van der Waals surface area contributed by atoms with E-state index in [1.807, 2.05) is 0 Å². The highest BCUT2D eigenvalue weighted by molar-refractivity contribution is 7.92. The molecule has 0 saturated carbocycles. The van der Waals surface area contributed by atoms with Crippen LogP contribution < -0.4 is 4.31 Å². The zero-order valence-corrected chi connectivity index (χ0v) is 20.5. The molecule has 0 radical (unpaired) electrons. The molecule has 0 bridgehead atoms. The first kappa shape index (κ1) is 24.6. The van der Waals surface area contributed by atoms with Gasteiger partial charge in [0.1, 0.15) is 6.04 Å². The monoisotopic (exact) mass is 498 g/mol. The number of ether oxygens (including phenoxy) is 1. The summed E-state index contributed by atoms with van der Waals surface area (Å²) in [6.07, 6.45) is 2.39. The Labute approximate surface area is 203 Å². The van der Waals surface area contributed by atoms with Crippen LogP contribution in [0.3, 0.4) is 0 Å². The topological polar surface area (TPSA) is 118 Å². The van der Waals surface area contributed by atoms with Gasteiger partial charge < -0.3 is 4.74 Å². The van der Waals surface area contributed by atoms with E-state index >= 15 is 0 Å². The van der Waals surface area contributed by atoms with E-state index in [1.165, 1.54) is 22.5 Å². The predicted octanol–water partition coefficient (Wildman–Crippen LogP) is 2.45. The van der Waals surface area contributed by atoms with Crippen molar-refractivity contribution in [2.45, 2.75) is 32.7 Å². The molecule has 9 nitrogen and oxygen atoms in total. The number of carbonyl (C=O) groups is 4. The number of carbonyl (C=O) groups excluding carboxylic acids is 4. The molecule has 2 aliphatic rings. The quantitative estimate of drug-likeness (QED) is 0.327. The van der Waals surface area contributed by atoms with Gasteiger partial charge in [-0.15, -0.1) is 0 Å². The molecule has 4 rings (SSSR count). The maximum absolute atomic E-state index is 12.9. The second-order valence-corrected chi connectivity index (χ2v) is 10.9. The summed E-state index contributed by atoms with van der Waals surface area (Å²) in [5, 5.41) is 0. The first-order valence-corrected chi connectivity index (χ1v) is 13.1. The molecular weight excluding hydrogens is 472 g/mol. The van der Waals surface area contributed by atoms with Crippen molar-refractivity contribution < 1.29 is 32.3 Å². The van der Waals surface area contributed by atoms with Crippen LogP contribution in [0.2, 0.25) is 0 Å². The lowest BCUT2D eigenvalue weighted by Gasteiger charge is -2.29. The summed E-state index contributed by atoms with van der Waals surface area (Å²) in [6, 6.07) is 9.87. The van der Waals surface area contributed by atoms with Crippen LogP contribution in [0.25, 0.3) is 0 Å². The average Bonchev–Trinajstić information content (AvgIpc) is 3.06. The van der Waals surface area contributed by atoms with Crippen LogP contribution in [0.5, 0.6) is 0 Å². The highest BCUT2D eigenvalue weighted by Crippen LogP contribution is 2.30. The number of hydrogen-bond donors (Lipinski definition) is 0. The van der Waals surface area contributed by atoms with Crippen molar-refractivity contribution in [3.63, 3.8) is 0 Å². The Balaban J connectivity index is 1.48. The van der Waals surface area contributed by atoms with Crippen molar-refractivity contribution in [2.24, 2.45) is 5.92 Å². The minimum atomic E-state index is -3.43. The molecule has 0 unspecified atom stereocenters. The van der Waals surface area contributed by atoms with Gasteiger partial charge >= 0.3 is 5.97 Å². The van der Waals surface area contributed by atoms with E-state index in [2.05, 4.69) is 0 Å². The number of nitrogens with zero attached hydrogens (tertiary/aromatic N) is 2. The number of sulfonamides is 1. The van der Waals surface area contributed by atoms with E-state index in [-0.39, 0.29) is 16.7 Å². The molecule has 10 heteroatoms. The molecule has 2 aromatic carbocycles. The maximum atomic E-state index is 12.9. The zero-order chi connectivity index (χ0) is 25.5. The van der Waals surface area contributed by atoms with E-state index in [0.29, 0.717) is 25.1 Å². The summed E-state index contributed by atoms with van der Waals surface area (Å²) in [5.41, 5.74) is 2.00. The minimum Gasteiger partial charge on any atom is -0.456 e. The highest BCUT2D eigenvalue weighted by Gasteiger charge is 2.44. The van der Waals surface area contributed by atoms with Gasteiger partial charge in [0.25, 0.3) is 11.8 Å². The van der Waals surface area contributed by atoms with Gasteiger partial charge in [0.05, 0.1) is 23.1 Å². The number of aryl methyl sites for hydroxylation is 1. The fraction of sp³-hybridized carbons (Fsp3) is 0.360. The van der Waals surface area contributed by atoms with Gasteiger partial charge in [-0.3, -0.25) is 23.6 Å². The van der Waals surface area contributed by atoms with Crippen LogP contribution in [0.15, 0.2) is 42.5 Å². The number of amides is 2. The van der Waals surface area contributed by atoms with Crippen molar-refractivity contribution in [3.8, 4) is 0 Å².